The molecule has 2 N–H and O–H groups in total. The molecule has 0 radical (unpaired) electrons. The van der Waals surface area contributed by atoms with Crippen molar-refractivity contribution < 1.29 is 33.4 Å². The summed E-state index contributed by atoms with van der Waals surface area (Å²) in [5.74, 6) is 0. The minimum atomic E-state index is -4.52. The maximum atomic E-state index is 10.5. The van der Waals surface area contributed by atoms with Crippen molar-refractivity contribution in [3.63, 3.8) is 0 Å². The number of hydrogen-bond acceptors (Lipinski definition) is 5. The molecule has 7 nitrogen and oxygen atoms in total. The van der Waals surface area contributed by atoms with E-state index in [9.17, 15) is 4.57 Å². The van der Waals surface area contributed by atoms with Crippen LogP contribution in [0, 0.1) is 0 Å². The average molecular weight is 539 g/mol. The zero-order valence-electron chi connectivity index (χ0n) is 23.6. The topological polar surface area (TPSA) is 94.5 Å². The van der Waals surface area contributed by atoms with Gasteiger partial charge in [0.25, 0.3) is 0 Å². The summed E-state index contributed by atoms with van der Waals surface area (Å²) in [6, 6.07) is 0. The molecule has 0 spiro atoms. The standard InChI is InChI=1S/C28H59O7P/c1-3-5-7-9-17-21-25-32-28(33-26-22-18-10-8-6-4-2)24-20-16-14-12-11-13-15-19-23-27-34-35-36(29,30)31/h28H,3-27H2,1-2H3,(H2,29,30,31). The fourth-order valence-electron chi connectivity index (χ4n) is 4.22. The van der Waals surface area contributed by atoms with Gasteiger partial charge in [0.2, 0.25) is 0 Å². The minimum absolute atomic E-state index is 0.0342. The predicted octanol–water partition coefficient (Wildman–Crippen LogP) is 9.01. The highest BCUT2D eigenvalue weighted by molar-refractivity contribution is 7.46. The minimum Gasteiger partial charge on any atom is -0.353 e. The van der Waals surface area contributed by atoms with E-state index in [-0.39, 0.29) is 12.9 Å². The second-order valence-electron chi connectivity index (χ2n) is 10.1. The maximum Gasteiger partial charge on any atom is 0.496 e. The zero-order valence-corrected chi connectivity index (χ0v) is 24.5. The van der Waals surface area contributed by atoms with E-state index in [2.05, 4.69) is 23.4 Å². The van der Waals surface area contributed by atoms with Crippen molar-refractivity contribution in [1.82, 2.24) is 0 Å². The van der Waals surface area contributed by atoms with E-state index in [0.717, 1.165) is 58.2 Å². The summed E-state index contributed by atoms with van der Waals surface area (Å²) >= 11 is 0. The highest BCUT2D eigenvalue weighted by Gasteiger charge is 2.14. The highest BCUT2D eigenvalue weighted by Crippen LogP contribution is 2.35. The van der Waals surface area contributed by atoms with Gasteiger partial charge in [-0.3, -0.25) is 0 Å². The Morgan fingerprint density at radius 1 is 0.528 bits per heavy atom. The Balaban J connectivity index is 3.77. The molecule has 0 rings (SSSR count). The van der Waals surface area contributed by atoms with Crippen molar-refractivity contribution in [2.75, 3.05) is 19.8 Å². The number of unbranched alkanes of at least 4 members (excludes halogenated alkanes) is 18. The Morgan fingerprint density at radius 2 is 0.889 bits per heavy atom. The van der Waals surface area contributed by atoms with E-state index in [1.54, 1.807) is 0 Å². The fourth-order valence-corrected chi connectivity index (χ4v) is 4.44. The first-order valence-corrected chi connectivity index (χ1v) is 16.6. The van der Waals surface area contributed by atoms with Gasteiger partial charge in [0.15, 0.2) is 6.29 Å². The van der Waals surface area contributed by atoms with Crippen LogP contribution in [0.25, 0.3) is 0 Å². The molecular weight excluding hydrogens is 479 g/mol. The summed E-state index contributed by atoms with van der Waals surface area (Å²) in [6.45, 7) is 6.37. The molecule has 0 bridgehead atoms. The summed E-state index contributed by atoms with van der Waals surface area (Å²) < 4.78 is 26.7. The Bertz CT molecular complexity index is 455. The van der Waals surface area contributed by atoms with Crippen LogP contribution in [0.2, 0.25) is 0 Å². The molecule has 0 atom stereocenters. The zero-order chi connectivity index (χ0) is 26.6. The van der Waals surface area contributed by atoms with Gasteiger partial charge in [-0.15, -0.1) is 4.67 Å². The van der Waals surface area contributed by atoms with Crippen molar-refractivity contribution >= 4 is 7.82 Å². The fraction of sp³-hybridized carbons (Fsp3) is 1.00. The van der Waals surface area contributed by atoms with E-state index in [1.807, 2.05) is 0 Å². The van der Waals surface area contributed by atoms with Crippen LogP contribution in [0.15, 0.2) is 0 Å². The van der Waals surface area contributed by atoms with Gasteiger partial charge < -0.3 is 19.3 Å². The maximum absolute atomic E-state index is 10.5. The average Bonchev–Trinajstić information content (AvgIpc) is 2.84. The molecule has 0 aliphatic carbocycles. The molecule has 218 valence electrons. The molecule has 0 aliphatic rings. The number of hydrogen-bond donors (Lipinski definition) is 2. The van der Waals surface area contributed by atoms with Gasteiger partial charge in [-0.2, -0.15) is 0 Å². The van der Waals surface area contributed by atoms with E-state index < -0.39 is 7.82 Å². The van der Waals surface area contributed by atoms with E-state index in [1.165, 1.54) is 96.3 Å². The number of phosphoric acid groups is 1. The third-order valence-corrected chi connectivity index (χ3v) is 6.72. The molecule has 0 aliphatic heterocycles. The molecule has 0 saturated carbocycles. The van der Waals surface area contributed by atoms with E-state index in [0.29, 0.717) is 0 Å². The highest BCUT2D eigenvalue weighted by atomic mass is 31.2. The first kappa shape index (κ1) is 36.0. The Morgan fingerprint density at radius 3 is 1.31 bits per heavy atom. The summed E-state index contributed by atoms with van der Waals surface area (Å²) in [5.41, 5.74) is 0. The molecule has 0 heterocycles. The molecule has 0 aromatic heterocycles. The quantitative estimate of drug-likeness (QED) is 0.0310. The SMILES string of the molecule is CCCCCCCCOC(CCCCCCCCCCCOOP(=O)(O)O)OCCCCCCCC. The lowest BCUT2D eigenvalue weighted by Gasteiger charge is -2.19. The van der Waals surface area contributed by atoms with E-state index in [4.69, 9.17) is 19.3 Å². The number of rotatable bonds is 30. The molecular formula is C28H59O7P. The van der Waals surface area contributed by atoms with Gasteiger partial charge in [-0.1, -0.05) is 123 Å². The van der Waals surface area contributed by atoms with Crippen LogP contribution in [0.1, 0.15) is 155 Å². The lowest BCUT2D eigenvalue weighted by atomic mass is 10.1. The van der Waals surface area contributed by atoms with Crippen LogP contribution >= 0.6 is 7.82 Å². The second kappa shape index (κ2) is 28.0. The van der Waals surface area contributed by atoms with Crippen molar-refractivity contribution in [1.29, 1.82) is 0 Å². The van der Waals surface area contributed by atoms with Gasteiger partial charge >= 0.3 is 7.82 Å². The lowest BCUT2D eigenvalue weighted by Crippen LogP contribution is -2.19. The first-order valence-electron chi connectivity index (χ1n) is 15.1. The molecule has 0 saturated heterocycles. The van der Waals surface area contributed by atoms with Crippen LogP contribution in [0.3, 0.4) is 0 Å². The molecule has 0 fully saturated rings. The number of ether oxygens (including phenoxy) is 2. The van der Waals surface area contributed by atoms with E-state index >= 15 is 0 Å². The van der Waals surface area contributed by atoms with Crippen molar-refractivity contribution in [2.24, 2.45) is 0 Å². The molecule has 0 amide bonds. The van der Waals surface area contributed by atoms with Crippen LogP contribution in [-0.2, 0) is 23.6 Å². The van der Waals surface area contributed by atoms with Gasteiger partial charge in [-0.05, 0) is 32.1 Å². The van der Waals surface area contributed by atoms with Crippen molar-refractivity contribution in [3.05, 3.63) is 0 Å². The van der Waals surface area contributed by atoms with Crippen molar-refractivity contribution in [3.8, 4) is 0 Å². The monoisotopic (exact) mass is 538 g/mol. The second-order valence-corrected chi connectivity index (χ2v) is 11.2. The predicted molar refractivity (Wildman–Crippen MR) is 148 cm³/mol. The summed E-state index contributed by atoms with van der Waals surface area (Å²) in [4.78, 5) is 21.6. The molecule has 8 heteroatoms. The van der Waals surface area contributed by atoms with Crippen LogP contribution in [0.4, 0.5) is 0 Å². The first-order chi connectivity index (χ1) is 17.5. The largest absolute Gasteiger partial charge is 0.496 e. The Kier molecular flexibility index (Phi) is 28.0. The summed E-state index contributed by atoms with van der Waals surface area (Å²) in [5, 5.41) is 0. The normalized spacial score (nSPS) is 12.1. The van der Waals surface area contributed by atoms with Crippen LogP contribution in [-0.4, -0.2) is 35.9 Å². The molecule has 0 unspecified atom stereocenters. The smallest absolute Gasteiger partial charge is 0.353 e. The van der Waals surface area contributed by atoms with Gasteiger partial charge in [-0.25, -0.2) is 9.45 Å². The summed E-state index contributed by atoms with van der Waals surface area (Å²) in [7, 11) is -4.52. The van der Waals surface area contributed by atoms with Crippen LogP contribution in [0.5, 0.6) is 0 Å². The summed E-state index contributed by atoms with van der Waals surface area (Å²) in [6.07, 6.45) is 26.5. The third kappa shape index (κ3) is 30.2. The molecule has 36 heavy (non-hydrogen) atoms. The van der Waals surface area contributed by atoms with Crippen molar-refractivity contribution in [2.45, 2.75) is 161 Å². The lowest BCUT2D eigenvalue weighted by molar-refractivity contribution is -0.222. The molecule has 0 aromatic carbocycles. The van der Waals surface area contributed by atoms with Gasteiger partial charge in [0.05, 0.1) is 6.61 Å². The van der Waals surface area contributed by atoms with Crippen LogP contribution < -0.4 is 0 Å². The van der Waals surface area contributed by atoms with Gasteiger partial charge in [0, 0.05) is 13.2 Å². The molecule has 0 aromatic rings. The Hall–Kier alpha value is -0.0100. The third-order valence-electron chi connectivity index (χ3n) is 6.42. The Labute approximate surface area is 222 Å². The van der Waals surface area contributed by atoms with Gasteiger partial charge in [0.1, 0.15) is 0 Å².